The first-order chi connectivity index (χ1) is 5.18. The van der Waals surface area contributed by atoms with Gasteiger partial charge in [-0.2, -0.15) is 0 Å². The zero-order valence-corrected chi connectivity index (χ0v) is 8.18. The largest absolute Gasteiger partial charge is 0.370 e. The summed E-state index contributed by atoms with van der Waals surface area (Å²) in [5.41, 5.74) is 0. The number of nitrogens with zero attached hydrogens (tertiary/aromatic N) is 1. The van der Waals surface area contributed by atoms with Crippen LogP contribution in [-0.2, 0) is 9.47 Å². The molecule has 0 fully saturated rings. The molecule has 0 aliphatic heterocycles. The van der Waals surface area contributed by atoms with Gasteiger partial charge in [0, 0.05) is 14.2 Å². The van der Waals surface area contributed by atoms with E-state index in [9.17, 15) is 0 Å². The van der Waals surface area contributed by atoms with Crippen LogP contribution in [0.1, 0.15) is 0 Å². The predicted molar refractivity (Wildman–Crippen MR) is 46.5 cm³/mol. The van der Waals surface area contributed by atoms with Crippen LogP contribution in [0.25, 0.3) is 0 Å². The Morgan fingerprint density at radius 1 is 1.18 bits per heavy atom. The number of ether oxygens (including phenoxy) is 2. The Morgan fingerprint density at radius 2 is 1.73 bits per heavy atom. The van der Waals surface area contributed by atoms with Crippen LogP contribution < -0.4 is 5.32 Å². The summed E-state index contributed by atoms with van der Waals surface area (Å²) in [6.07, 6.45) is 0. The first-order valence-corrected chi connectivity index (χ1v) is 3.46. The van der Waals surface area contributed by atoms with Gasteiger partial charge < -0.3 is 9.47 Å². The predicted octanol–water partition coefficient (Wildman–Crippen LogP) is -0.0384. The molecule has 0 aliphatic rings. The average molecular weight is 164 g/mol. The summed E-state index contributed by atoms with van der Waals surface area (Å²) in [5, 5.41) is 2.80. The van der Waals surface area contributed by atoms with Crippen molar-refractivity contribution in [3.05, 3.63) is 0 Å². The minimum Gasteiger partial charge on any atom is -0.370 e. The molecule has 0 aromatic rings. The average Bonchev–Trinajstić information content (AvgIpc) is 1.90. The number of hydrogen-bond donors (Lipinski definition) is 1. The molecule has 0 atom stereocenters. The van der Waals surface area contributed by atoms with Gasteiger partial charge >= 0.3 is 0 Å². The molecule has 0 radical (unpaired) electrons. The molecule has 0 aromatic carbocycles. The van der Waals surface area contributed by atoms with Crippen LogP contribution in [0, 0.1) is 0 Å². The molecule has 70 valence electrons. The molecule has 0 aromatic heterocycles. The van der Waals surface area contributed by atoms with E-state index in [4.69, 9.17) is 4.74 Å². The zero-order valence-electron chi connectivity index (χ0n) is 8.18. The first-order valence-electron chi connectivity index (χ1n) is 3.46. The normalized spacial score (nSPS) is 9.27. The number of hydrogen-bond acceptors (Lipinski definition) is 4. The third-order valence-electron chi connectivity index (χ3n) is 0.676. The number of nitrogens with one attached hydrogen (secondary N) is 1. The Balaban J connectivity index is 0. The summed E-state index contributed by atoms with van der Waals surface area (Å²) in [7, 11) is 9.09. The van der Waals surface area contributed by atoms with Crippen LogP contribution in [-0.4, -0.2) is 53.7 Å². The van der Waals surface area contributed by atoms with E-state index in [0.29, 0.717) is 13.5 Å². The summed E-state index contributed by atoms with van der Waals surface area (Å²) in [4.78, 5) is 1.96. The molecule has 0 unspecified atom stereocenters. The van der Waals surface area contributed by atoms with Gasteiger partial charge in [-0.05, 0) is 21.1 Å². The molecule has 0 bridgehead atoms. The highest BCUT2D eigenvalue weighted by Crippen LogP contribution is 1.68. The van der Waals surface area contributed by atoms with E-state index in [-0.39, 0.29) is 0 Å². The van der Waals surface area contributed by atoms with Gasteiger partial charge in [0.25, 0.3) is 0 Å². The fourth-order valence-corrected chi connectivity index (χ4v) is 0.403. The van der Waals surface area contributed by atoms with Crippen molar-refractivity contribution in [3.8, 4) is 0 Å². The summed E-state index contributed by atoms with van der Waals surface area (Å²) < 4.78 is 9.31. The molecule has 0 heterocycles. The third kappa shape index (κ3) is 25.8. The van der Waals surface area contributed by atoms with E-state index in [0.717, 1.165) is 0 Å². The van der Waals surface area contributed by atoms with Crippen LogP contribution in [0.5, 0.6) is 0 Å². The maximum Gasteiger partial charge on any atom is 0.0981 e. The van der Waals surface area contributed by atoms with Crippen molar-refractivity contribution in [3.63, 3.8) is 0 Å². The molecule has 0 amide bonds. The Kier molecular flexibility index (Phi) is 15.3. The van der Waals surface area contributed by atoms with Gasteiger partial charge in [-0.25, -0.2) is 0 Å². The molecular formula is C7H20N2O2. The number of rotatable bonds is 4. The van der Waals surface area contributed by atoms with E-state index in [2.05, 4.69) is 10.1 Å². The fraction of sp³-hybridized carbons (Fsp3) is 1.00. The molecule has 0 spiro atoms. The fourth-order valence-electron chi connectivity index (χ4n) is 0.403. The first kappa shape index (κ1) is 13.4. The Bertz CT molecular complexity index is 58.4. The second-order valence-electron chi connectivity index (χ2n) is 2.28. The monoisotopic (exact) mass is 164 g/mol. The van der Waals surface area contributed by atoms with E-state index < -0.39 is 0 Å². The van der Waals surface area contributed by atoms with E-state index in [1.165, 1.54) is 0 Å². The lowest BCUT2D eigenvalue weighted by Crippen LogP contribution is -2.13. The maximum absolute atomic E-state index is 4.73. The zero-order chi connectivity index (χ0) is 9.11. The Morgan fingerprint density at radius 3 is 1.73 bits per heavy atom. The second-order valence-corrected chi connectivity index (χ2v) is 2.28. The molecular weight excluding hydrogens is 144 g/mol. The summed E-state index contributed by atoms with van der Waals surface area (Å²) in [6, 6.07) is 0. The van der Waals surface area contributed by atoms with Crippen LogP contribution >= 0.6 is 0 Å². The van der Waals surface area contributed by atoms with Crippen molar-refractivity contribution in [1.82, 2.24) is 10.2 Å². The van der Waals surface area contributed by atoms with E-state index in [1.807, 2.05) is 26.0 Å². The van der Waals surface area contributed by atoms with Crippen LogP contribution in [0.3, 0.4) is 0 Å². The van der Waals surface area contributed by atoms with Gasteiger partial charge in [0.15, 0.2) is 0 Å². The minimum absolute atomic E-state index is 0.639. The summed E-state index contributed by atoms with van der Waals surface area (Å²) >= 11 is 0. The van der Waals surface area contributed by atoms with Crippen molar-refractivity contribution in [2.75, 3.05) is 48.8 Å². The molecule has 1 N–H and O–H groups in total. The third-order valence-corrected chi connectivity index (χ3v) is 0.676. The Labute approximate surface area is 69.5 Å². The lowest BCUT2D eigenvalue weighted by molar-refractivity contribution is 0.0994. The van der Waals surface area contributed by atoms with Gasteiger partial charge in [0.1, 0.15) is 0 Å². The van der Waals surface area contributed by atoms with Crippen molar-refractivity contribution in [2.24, 2.45) is 0 Å². The van der Waals surface area contributed by atoms with Crippen molar-refractivity contribution in [2.45, 2.75) is 0 Å². The van der Waals surface area contributed by atoms with Gasteiger partial charge in [0.2, 0.25) is 0 Å². The standard InChI is InChI=1S/C4H11NO.C3H9NO/c1-5(2)4-6-3;1-4-3-5-2/h4H2,1-3H3;4H,3H2,1-2H3. The van der Waals surface area contributed by atoms with E-state index >= 15 is 0 Å². The van der Waals surface area contributed by atoms with E-state index in [1.54, 1.807) is 14.2 Å². The van der Waals surface area contributed by atoms with Gasteiger partial charge in [-0.3, -0.25) is 10.2 Å². The topological polar surface area (TPSA) is 33.7 Å². The molecule has 0 rings (SSSR count). The molecule has 11 heavy (non-hydrogen) atoms. The van der Waals surface area contributed by atoms with Gasteiger partial charge in [-0.1, -0.05) is 0 Å². The van der Waals surface area contributed by atoms with Crippen molar-refractivity contribution < 1.29 is 9.47 Å². The molecule has 0 aliphatic carbocycles. The number of methoxy groups -OCH3 is 2. The second kappa shape index (κ2) is 12.5. The molecule has 0 saturated carbocycles. The highest BCUT2D eigenvalue weighted by atomic mass is 16.5. The Hall–Kier alpha value is -0.160. The summed E-state index contributed by atoms with van der Waals surface area (Å²) in [5.74, 6) is 0. The molecule has 4 heteroatoms. The lowest BCUT2D eigenvalue weighted by atomic mass is 10.9. The van der Waals surface area contributed by atoms with Crippen LogP contribution in [0.2, 0.25) is 0 Å². The molecule has 4 nitrogen and oxygen atoms in total. The molecule has 0 saturated heterocycles. The smallest absolute Gasteiger partial charge is 0.0981 e. The summed E-state index contributed by atoms with van der Waals surface area (Å²) in [6.45, 7) is 1.35. The quantitative estimate of drug-likeness (QED) is 0.591. The maximum atomic E-state index is 4.73. The lowest BCUT2D eigenvalue weighted by Gasteiger charge is -2.04. The van der Waals surface area contributed by atoms with Crippen molar-refractivity contribution in [1.29, 1.82) is 0 Å². The van der Waals surface area contributed by atoms with Crippen molar-refractivity contribution >= 4 is 0 Å². The van der Waals surface area contributed by atoms with Gasteiger partial charge in [0.05, 0.1) is 13.5 Å². The van der Waals surface area contributed by atoms with Crippen LogP contribution in [0.15, 0.2) is 0 Å². The highest BCUT2D eigenvalue weighted by molar-refractivity contribution is 4.20. The highest BCUT2D eigenvalue weighted by Gasteiger charge is 1.78. The minimum atomic E-state index is 0.639. The van der Waals surface area contributed by atoms with Crippen LogP contribution in [0.4, 0.5) is 0 Å². The van der Waals surface area contributed by atoms with Gasteiger partial charge in [-0.15, -0.1) is 0 Å². The SMILES string of the molecule is CNCOC.COCN(C)C.